The molecule has 3 heterocycles. The van der Waals surface area contributed by atoms with Gasteiger partial charge < -0.3 is 19.1 Å². The van der Waals surface area contributed by atoms with Crippen LogP contribution < -0.4 is 10.9 Å². The number of aryl methyl sites for hydroxylation is 1. The fraction of sp³-hybridized carbons (Fsp3) is 0.280. The summed E-state index contributed by atoms with van der Waals surface area (Å²) in [5, 5.41) is 11.6. The van der Waals surface area contributed by atoms with Crippen LogP contribution in [0.4, 0.5) is 0 Å². The van der Waals surface area contributed by atoms with Crippen molar-refractivity contribution in [2.75, 3.05) is 13.7 Å². The molecule has 0 aliphatic carbocycles. The van der Waals surface area contributed by atoms with E-state index in [1.54, 1.807) is 47.0 Å². The Kier molecular flexibility index (Phi) is 8.12. The number of halogens is 1. The van der Waals surface area contributed by atoms with Crippen molar-refractivity contribution >= 4 is 17.5 Å². The molecule has 4 rings (SSSR count). The smallest absolute Gasteiger partial charge is 0.254 e. The summed E-state index contributed by atoms with van der Waals surface area (Å²) in [5.74, 6) is -0.204. The molecule has 3 aromatic heterocycles. The van der Waals surface area contributed by atoms with E-state index in [4.69, 9.17) is 20.9 Å². The van der Waals surface area contributed by atoms with E-state index >= 15 is 0 Å². The lowest BCUT2D eigenvalue weighted by atomic mass is 10.1. The Morgan fingerprint density at radius 1 is 1.14 bits per heavy atom. The molecule has 182 valence electrons. The average Bonchev–Trinajstić information content (AvgIpc) is 3.45. The summed E-state index contributed by atoms with van der Waals surface area (Å²) in [6.07, 6.45) is 4.85. The Labute approximate surface area is 207 Å². The van der Waals surface area contributed by atoms with Gasteiger partial charge in [0.2, 0.25) is 5.22 Å². The third kappa shape index (κ3) is 6.68. The SMILES string of the molecule is COCc1nn(Cc2ccc(Cn3ccccc3=O)cc2)cc1C(=O)NCCCc1cc(Cl)on1. The van der Waals surface area contributed by atoms with Crippen molar-refractivity contribution in [2.45, 2.75) is 32.5 Å². The number of methoxy groups -OCH3 is 1. The van der Waals surface area contributed by atoms with Crippen molar-refractivity contribution in [2.24, 2.45) is 0 Å². The van der Waals surface area contributed by atoms with E-state index in [2.05, 4.69) is 15.6 Å². The highest BCUT2D eigenvalue weighted by Crippen LogP contribution is 2.13. The van der Waals surface area contributed by atoms with Gasteiger partial charge in [-0.1, -0.05) is 35.5 Å². The van der Waals surface area contributed by atoms with Crippen LogP contribution in [0.25, 0.3) is 0 Å². The number of pyridine rings is 1. The summed E-state index contributed by atoms with van der Waals surface area (Å²) in [6.45, 7) is 1.72. The number of aromatic nitrogens is 4. The van der Waals surface area contributed by atoms with Gasteiger partial charge in [-0.3, -0.25) is 14.3 Å². The van der Waals surface area contributed by atoms with Crippen LogP contribution in [-0.2, 0) is 30.9 Å². The Balaban J connectivity index is 1.36. The van der Waals surface area contributed by atoms with Crippen LogP contribution in [0, 0.1) is 0 Å². The Bertz CT molecular complexity index is 1330. The van der Waals surface area contributed by atoms with Gasteiger partial charge in [0.25, 0.3) is 11.5 Å². The summed E-state index contributed by atoms with van der Waals surface area (Å²) < 4.78 is 13.5. The molecular formula is C25H26ClN5O4. The molecule has 0 atom stereocenters. The monoisotopic (exact) mass is 495 g/mol. The summed E-state index contributed by atoms with van der Waals surface area (Å²) in [7, 11) is 1.57. The minimum atomic E-state index is -0.204. The van der Waals surface area contributed by atoms with E-state index in [0.717, 1.165) is 16.8 Å². The molecule has 35 heavy (non-hydrogen) atoms. The molecule has 0 saturated heterocycles. The second-order valence-corrected chi connectivity index (χ2v) is 8.46. The lowest BCUT2D eigenvalue weighted by Gasteiger charge is -2.07. The predicted molar refractivity (Wildman–Crippen MR) is 130 cm³/mol. The van der Waals surface area contributed by atoms with E-state index in [1.807, 2.05) is 30.3 Å². The first-order valence-electron chi connectivity index (χ1n) is 11.2. The first-order chi connectivity index (χ1) is 17.0. The van der Waals surface area contributed by atoms with Crippen LogP contribution in [0.3, 0.4) is 0 Å². The molecule has 9 nitrogen and oxygen atoms in total. The van der Waals surface area contributed by atoms with E-state index in [-0.39, 0.29) is 23.3 Å². The van der Waals surface area contributed by atoms with Crippen molar-refractivity contribution < 1.29 is 14.1 Å². The van der Waals surface area contributed by atoms with Crippen molar-refractivity contribution in [1.29, 1.82) is 0 Å². The van der Waals surface area contributed by atoms with Crippen LogP contribution in [0.5, 0.6) is 0 Å². The number of benzene rings is 1. The molecule has 0 bridgehead atoms. The highest BCUT2D eigenvalue weighted by Gasteiger charge is 2.16. The number of carbonyl (C=O) groups is 1. The van der Waals surface area contributed by atoms with E-state index in [9.17, 15) is 9.59 Å². The average molecular weight is 496 g/mol. The fourth-order valence-electron chi connectivity index (χ4n) is 3.67. The summed E-state index contributed by atoms with van der Waals surface area (Å²) >= 11 is 5.72. The largest absolute Gasteiger partial charge is 0.378 e. The van der Waals surface area contributed by atoms with Gasteiger partial charge in [0.1, 0.15) is 5.69 Å². The molecule has 1 amide bonds. The topological polar surface area (TPSA) is 104 Å². The van der Waals surface area contributed by atoms with E-state index < -0.39 is 0 Å². The van der Waals surface area contributed by atoms with Crippen molar-refractivity contribution in [3.8, 4) is 0 Å². The number of ether oxygens (including phenoxy) is 1. The predicted octanol–water partition coefficient (Wildman–Crippen LogP) is 3.29. The molecule has 0 aliphatic heterocycles. The third-order valence-corrected chi connectivity index (χ3v) is 5.59. The summed E-state index contributed by atoms with van der Waals surface area (Å²) in [6, 6.07) is 14.8. The van der Waals surface area contributed by atoms with Crippen molar-refractivity contribution in [3.05, 3.63) is 105 Å². The summed E-state index contributed by atoms with van der Waals surface area (Å²) in [4.78, 5) is 24.7. The molecule has 0 radical (unpaired) electrons. The van der Waals surface area contributed by atoms with Gasteiger partial charge >= 0.3 is 0 Å². The highest BCUT2D eigenvalue weighted by molar-refractivity contribution is 6.28. The summed E-state index contributed by atoms with van der Waals surface area (Å²) in [5.41, 5.74) is 3.82. The second-order valence-electron chi connectivity index (χ2n) is 8.09. The highest BCUT2D eigenvalue weighted by atomic mass is 35.5. The minimum absolute atomic E-state index is 0.0351. The Hall–Kier alpha value is -3.69. The fourth-order valence-corrected chi connectivity index (χ4v) is 3.83. The molecule has 1 N–H and O–H groups in total. The van der Waals surface area contributed by atoms with Crippen molar-refractivity contribution in [3.63, 3.8) is 0 Å². The Morgan fingerprint density at radius 2 is 1.91 bits per heavy atom. The number of hydrogen-bond donors (Lipinski definition) is 1. The van der Waals surface area contributed by atoms with Gasteiger partial charge in [-0.15, -0.1) is 0 Å². The van der Waals surface area contributed by atoms with Crippen LogP contribution in [0.15, 0.2) is 70.2 Å². The first-order valence-corrected chi connectivity index (χ1v) is 11.6. The van der Waals surface area contributed by atoms with Gasteiger partial charge in [0, 0.05) is 38.2 Å². The molecule has 0 aliphatic rings. The lowest BCUT2D eigenvalue weighted by molar-refractivity contribution is 0.0948. The van der Waals surface area contributed by atoms with Crippen LogP contribution >= 0.6 is 11.6 Å². The second kappa shape index (κ2) is 11.6. The van der Waals surface area contributed by atoms with Gasteiger partial charge in [-0.25, -0.2) is 0 Å². The zero-order chi connectivity index (χ0) is 24.6. The van der Waals surface area contributed by atoms with E-state index in [0.29, 0.717) is 43.7 Å². The van der Waals surface area contributed by atoms with Gasteiger partial charge in [0.05, 0.1) is 31.0 Å². The maximum absolute atomic E-state index is 12.8. The quantitative estimate of drug-likeness (QED) is 0.320. The number of rotatable bonds is 11. The lowest BCUT2D eigenvalue weighted by Crippen LogP contribution is -2.25. The van der Waals surface area contributed by atoms with E-state index in [1.165, 1.54) is 0 Å². The maximum Gasteiger partial charge on any atom is 0.254 e. The standard InChI is InChI=1S/C25H26ClN5O4/c1-34-17-22-21(25(33)27-11-4-5-20-13-23(26)35-29-20)16-31(28-22)15-19-9-7-18(8-10-19)14-30-12-3-2-6-24(30)32/h2-3,6-10,12-13,16H,4-5,11,14-15,17H2,1H3,(H,27,33). The molecule has 0 unspecified atom stereocenters. The van der Waals surface area contributed by atoms with Gasteiger partial charge in [-0.05, 0) is 41.6 Å². The minimum Gasteiger partial charge on any atom is -0.378 e. The van der Waals surface area contributed by atoms with Crippen molar-refractivity contribution in [1.82, 2.24) is 24.8 Å². The molecule has 0 fully saturated rings. The zero-order valence-corrected chi connectivity index (χ0v) is 20.1. The Morgan fingerprint density at radius 3 is 2.60 bits per heavy atom. The number of hydrogen-bond acceptors (Lipinski definition) is 6. The van der Waals surface area contributed by atoms with Gasteiger partial charge in [0.15, 0.2) is 0 Å². The number of nitrogens with one attached hydrogen (secondary N) is 1. The number of nitrogens with zero attached hydrogens (tertiary/aromatic N) is 4. The van der Waals surface area contributed by atoms with Crippen LogP contribution in [0.2, 0.25) is 5.22 Å². The van der Waals surface area contributed by atoms with Crippen LogP contribution in [-0.4, -0.2) is 39.1 Å². The molecule has 4 aromatic rings. The van der Waals surface area contributed by atoms with Gasteiger partial charge in [-0.2, -0.15) is 5.10 Å². The molecule has 10 heteroatoms. The molecule has 0 saturated carbocycles. The number of carbonyl (C=O) groups excluding carboxylic acids is 1. The molecular weight excluding hydrogens is 470 g/mol. The molecule has 1 aromatic carbocycles. The number of amides is 1. The van der Waals surface area contributed by atoms with Crippen LogP contribution in [0.1, 0.15) is 39.3 Å². The normalized spacial score (nSPS) is 11.0. The third-order valence-electron chi connectivity index (χ3n) is 5.41. The molecule has 0 spiro atoms. The maximum atomic E-state index is 12.8. The first kappa shape index (κ1) is 24.4. The zero-order valence-electron chi connectivity index (χ0n) is 19.3.